The Hall–Kier alpha value is -0.780. The highest BCUT2D eigenvalue weighted by Gasteiger charge is 2.43. The van der Waals surface area contributed by atoms with Gasteiger partial charge in [-0.2, -0.15) is 13.2 Å². The molecule has 3 nitrogen and oxygen atoms in total. The van der Waals surface area contributed by atoms with Crippen LogP contribution in [0.5, 0.6) is 0 Å². The van der Waals surface area contributed by atoms with Gasteiger partial charge in [-0.05, 0) is 32.7 Å². The van der Waals surface area contributed by atoms with Gasteiger partial charge in [0.15, 0.2) is 0 Å². The predicted molar refractivity (Wildman–Crippen MR) is 65.9 cm³/mol. The van der Waals surface area contributed by atoms with Crippen LogP contribution in [-0.4, -0.2) is 41.8 Å². The molecule has 0 aromatic rings. The molecule has 0 saturated carbocycles. The first-order valence-corrected chi connectivity index (χ1v) is 6.71. The van der Waals surface area contributed by atoms with E-state index in [1.807, 2.05) is 6.92 Å². The van der Waals surface area contributed by atoms with Crippen LogP contribution in [0.3, 0.4) is 0 Å². The maximum absolute atomic E-state index is 12.7. The van der Waals surface area contributed by atoms with Crippen molar-refractivity contribution in [1.82, 2.24) is 4.90 Å². The van der Waals surface area contributed by atoms with Crippen LogP contribution in [0.2, 0.25) is 0 Å². The summed E-state index contributed by atoms with van der Waals surface area (Å²) in [6, 6.07) is 0. The minimum absolute atomic E-state index is 0.0733. The number of alkyl halides is 3. The van der Waals surface area contributed by atoms with Gasteiger partial charge in [-0.1, -0.05) is 13.3 Å². The number of hydrogen-bond acceptors (Lipinski definition) is 2. The quantitative estimate of drug-likeness (QED) is 0.841. The summed E-state index contributed by atoms with van der Waals surface area (Å²) in [5.41, 5.74) is -0.956. The summed E-state index contributed by atoms with van der Waals surface area (Å²) in [4.78, 5) is 13.0. The van der Waals surface area contributed by atoms with Crippen molar-refractivity contribution in [2.45, 2.75) is 45.7 Å². The van der Waals surface area contributed by atoms with Crippen molar-refractivity contribution >= 4 is 5.97 Å². The molecule has 1 rings (SSSR count). The first kappa shape index (κ1) is 16.3. The number of halogens is 3. The molecule has 112 valence electrons. The topological polar surface area (TPSA) is 40.5 Å². The third-order valence-electron chi connectivity index (χ3n) is 3.86. The van der Waals surface area contributed by atoms with E-state index in [4.69, 9.17) is 0 Å². The van der Waals surface area contributed by atoms with Crippen LogP contribution in [0.1, 0.15) is 39.5 Å². The molecule has 2 atom stereocenters. The first-order valence-electron chi connectivity index (χ1n) is 6.71. The summed E-state index contributed by atoms with van der Waals surface area (Å²) < 4.78 is 38.1. The number of rotatable bonds is 5. The second kappa shape index (κ2) is 6.11. The fourth-order valence-corrected chi connectivity index (χ4v) is 2.77. The number of carbonyl (C=O) groups is 1. The van der Waals surface area contributed by atoms with Crippen LogP contribution in [0, 0.1) is 11.3 Å². The normalized spacial score (nSPS) is 25.0. The lowest BCUT2D eigenvalue weighted by Gasteiger charge is -2.38. The molecular formula is C13H22F3NO2. The van der Waals surface area contributed by atoms with Gasteiger partial charge in [0, 0.05) is 13.1 Å². The zero-order chi connectivity index (χ0) is 14.7. The predicted octanol–water partition coefficient (Wildman–Crippen LogP) is 3.15. The summed E-state index contributed by atoms with van der Waals surface area (Å²) >= 11 is 0. The lowest BCUT2D eigenvalue weighted by molar-refractivity contribution is -0.188. The molecule has 0 aromatic heterocycles. The molecule has 0 aromatic carbocycles. The van der Waals surface area contributed by atoms with Crippen LogP contribution in [-0.2, 0) is 4.79 Å². The number of carboxylic acids is 1. The summed E-state index contributed by atoms with van der Waals surface area (Å²) in [6.07, 6.45) is -2.36. The molecule has 0 amide bonds. The SMILES string of the molecule is CCCC(C)(CN1CCCC(C(F)(F)F)C1)C(=O)O. The summed E-state index contributed by atoms with van der Waals surface area (Å²) in [7, 11) is 0. The van der Waals surface area contributed by atoms with Gasteiger partial charge in [0.05, 0.1) is 11.3 Å². The van der Waals surface area contributed by atoms with E-state index in [1.54, 1.807) is 11.8 Å². The molecule has 1 fully saturated rings. The Bertz CT molecular complexity index is 320. The Morgan fingerprint density at radius 2 is 2.05 bits per heavy atom. The van der Waals surface area contributed by atoms with Gasteiger partial charge in [-0.25, -0.2) is 0 Å². The van der Waals surface area contributed by atoms with Crippen molar-refractivity contribution in [2.24, 2.45) is 11.3 Å². The standard InChI is InChI=1S/C13H22F3NO2/c1-3-6-12(2,11(18)19)9-17-7-4-5-10(8-17)13(14,15)16/h10H,3-9H2,1-2H3,(H,18,19). The highest BCUT2D eigenvalue weighted by Crippen LogP contribution is 2.35. The Morgan fingerprint density at radius 1 is 1.42 bits per heavy atom. The van der Waals surface area contributed by atoms with Crippen molar-refractivity contribution in [2.75, 3.05) is 19.6 Å². The van der Waals surface area contributed by atoms with Gasteiger partial charge in [0.2, 0.25) is 0 Å². The molecular weight excluding hydrogens is 259 g/mol. The molecule has 6 heteroatoms. The van der Waals surface area contributed by atoms with Crippen LogP contribution >= 0.6 is 0 Å². The van der Waals surface area contributed by atoms with Gasteiger partial charge >= 0.3 is 12.1 Å². The Balaban J connectivity index is 2.67. The van der Waals surface area contributed by atoms with E-state index in [0.717, 1.165) is 0 Å². The lowest BCUT2D eigenvalue weighted by atomic mass is 9.84. The number of hydrogen-bond donors (Lipinski definition) is 1. The number of aliphatic carboxylic acids is 1. The van der Waals surface area contributed by atoms with Crippen molar-refractivity contribution in [3.8, 4) is 0 Å². The van der Waals surface area contributed by atoms with E-state index >= 15 is 0 Å². The molecule has 1 aliphatic heterocycles. The molecule has 1 aliphatic rings. The van der Waals surface area contributed by atoms with E-state index in [2.05, 4.69) is 0 Å². The van der Waals surface area contributed by atoms with Gasteiger partial charge < -0.3 is 10.0 Å². The number of likely N-dealkylation sites (tertiary alicyclic amines) is 1. The molecule has 19 heavy (non-hydrogen) atoms. The molecule has 1 N–H and O–H groups in total. The monoisotopic (exact) mass is 281 g/mol. The third kappa shape index (κ3) is 4.37. The van der Waals surface area contributed by atoms with Crippen LogP contribution in [0.25, 0.3) is 0 Å². The first-order chi connectivity index (χ1) is 8.69. The zero-order valence-corrected chi connectivity index (χ0v) is 11.5. The van der Waals surface area contributed by atoms with E-state index in [-0.39, 0.29) is 19.5 Å². The highest BCUT2D eigenvalue weighted by atomic mass is 19.4. The second-order valence-corrected chi connectivity index (χ2v) is 5.73. The molecule has 1 saturated heterocycles. The zero-order valence-electron chi connectivity index (χ0n) is 11.5. The maximum Gasteiger partial charge on any atom is 0.393 e. The van der Waals surface area contributed by atoms with Gasteiger partial charge in [0.25, 0.3) is 0 Å². The van der Waals surface area contributed by atoms with E-state index in [1.165, 1.54) is 0 Å². The third-order valence-corrected chi connectivity index (χ3v) is 3.86. The highest BCUT2D eigenvalue weighted by molar-refractivity contribution is 5.74. The van der Waals surface area contributed by atoms with E-state index in [9.17, 15) is 23.1 Å². The summed E-state index contributed by atoms with van der Waals surface area (Å²) in [5.74, 6) is -2.25. The number of nitrogens with zero attached hydrogens (tertiary/aromatic N) is 1. The Labute approximate surface area is 111 Å². The number of carboxylic acid groups (broad SMARTS) is 1. The fourth-order valence-electron chi connectivity index (χ4n) is 2.77. The fraction of sp³-hybridized carbons (Fsp3) is 0.923. The van der Waals surface area contributed by atoms with E-state index < -0.39 is 23.5 Å². The lowest BCUT2D eigenvalue weighted by Crippen LogP contribution is -2.48. The van der Waals surface area contributed by atoms with Crippen LogP contribution in [0.4, 0.5) is 13.2 Å². The van der Waals surface area contributed by atoms with Crippen molar-refractivity contribution in [1.29, 1.82) is 0 Å². The summed E-state index contributed by atoms with van der Waals surface area (Å²) in [6.45, 7) is 4.18. The molecule has 2 unspecified atom stereocenters. The molecule has 0 radical (unpaired) electrons. The van der Waals surface area contributed by atoms with Crippen LogP contribution in [0.15, 0.2) is 0 Å². The van der Waals surface area contributed by atoms with Crippen molar-refractivity contribution in [3.63, 3.8) is 0 Å². The maximum atomic E-state index is 12.7. The smallest absolute Gasteiger partial charge is 0.393 e. The Kier molecular flexibility index (Phi) is 5.24. The second-order valence-electron chi connectivity index (χ2n) is 5.73. The molecule has 0 aliphatic carbocycles. The average Bonchev–Trinajstić information content (AvgIpc) is 2.28. The van der Waals surface area contributed by atoms with Crippen LogP contribution < -0.4 is 0 Å². The Morgan fingerprint density at radius 3 is 2.53 bits per heavy atom. The largest absolute Gasteiger partial charge is 0.481 e. The minimum atomic E-state index is -4.18. The van der Waals surface area contributed by atoms with Crippen molar-refractivity contribution < 1.29 is 23.1 Å². The molecule has 0 spiro atoms. The van der Waals surface area contributed by atoms with Gasteiger partial charge in [-0.15, -0.1) is 0 Å². The van der Waals surface area contributed by atoms with E-state index in [0.29, 0.717) is 25.8 Å². The van der Waals surface area contributed by atoms with Gasteiger partial charge in [0.1, 0.15) is 0 Å². The average molecular weight is 281 g/mol. The van der Waals surface area contributed by atoms with Crippen molar-refractivity contribution in [3.05, 3.63) is 0 Å². The van der Waals surface area contributed by atoms with Gasteiger partial charge in [-0.3, -0.25) is 4.79 Å². The minimum Gasteiger partial charge on any atom is -0.481 e. The molecule has 0 bridgehead atoms. The summed E-state index contributed by atoms with van der Waals surface area (Å²) in [5, 5.41) is 9.27. The number of piperidine rings is 1. The molecule has 1 heterocycles.